The van der Waals surface area contributed by atoms with Crippen molar-refractivity contribution in [2.24, 2.45) is 0 Å². The lowest BCUT2D eigenvalue weighted by Crippen LogP contribution is -2.54. The Morgan fingerprint density at radius 3 is 2.62 bits per heavy atom. The van der Waals surface area contributed by atoms with Gasteiger partial charge in [-0.25, -0.2) is 9.59 Å². The van der Waals surface area contributed by atoms with Crippen LogP contribution in [0.2, 0.25) is 0 Å². The van der Waals surface area contributed by atoms with Crippen LogP contribution in [0.1, 0.15) is 31.7 Å². The van der Waals surface area contributed by atoms with Crippen LogP contribution < -0.4 is 0 Å². The van der Waals surface area contributed by atoms with E-state index >= 15 is 0 Å². The molecule has 140 valence electrons. The minimum atomic E-state index is -0.893. The summed E-state index contributed by atoms with van der Waals surface area (Å²) in [5.74, 6) is -0.642. The van der Waals surface area contributed by atoms with Gasteiger partial charge in [-0.05, 0) is 31.7 Å². The Morgan fingerprint density at radius 1 is 1.19 bits per heavy atom. The number of ether oxygens (including phenoxy) is 2. The molecule has 0 N–H and O–H groups in total. The Morgan fingerprint density at radius 2 is 1.92 bits per heavy atom. The van der Waals surface area contributed by atoms with Gasteiger partial charge in [-0.2, -0.15) is 0 Å². The van der Waals surface area contributed by atoms with Gasteiger partial charge in [0.05, 0.1) is 7.11 Å². The van der Waals surface area contributed by atoms with Crippen LogP contribution in [0.5, 0.6) is 0 Å². The van der Waals surface area contributed by atoms with E-state index in [1.165, 1.54) is 12.0 Å². The van der Waals surface area contributed by atoms with Crippen molar-refractivity contribution in [2.45, 2.75) is 44.4 Å². The summed E-state index contributed by atoms with van der Waals surface area (Å²) in [5.41, 5.74) is 0.00329. The normalized spacial score (nSPS) is 23.4. The van der Waals surface area contributed by atoms with Crippen LogP contribution in [-0.4, -0.2) is 59.5 Å². The van der Waals surface area contributed by atoms with Crippen LogP contribution in [0.3, 0.4) is 0 Å². The van der Waals surface area contributed by atoms with Crippen molar-refractivity contribution >= 4 is 18.0 Å². The zero-order chi connectivity index (χ0) is 18.7. The van der Waals surface area contributed by atoms with E-state index in [0.29, 0.717) is 25.9 Å². The van der Waals surface area contributed by atoms with Crippen LogP contribution in [-0.2, 0) is 25.7 Å². The molecule has 0 aromatic heterocycles. The van der Waals surface area contributed by atoms with Gasteiger partial charge in [0.1, 0.15) is 18.2 Å². The number of hydrogen-bond donors (Lipinski definition) is 0. The molecule has 2 atom stereocenters. The maximum atomic E-state index is 13.0. The summed E-state index contributed by atoms with van der Waals surface area (Å²) < 4.78 is 10.2. The lowest BCUT2D eigenvalue weighted by Gasteiger charge is -2.33. The van der Waals surface area contributed by atoms with E-state index in [4.69, 9.17) is 9.47 Å². The Balaban J connectivity index is 1.70. The molecule has 0 saturated carbocycles. The third-order valence-electron chi connectivity index (χ3n) is 5.35. The second-order valence-electron chi connectivity index (χ2n) is 6.77. The number of carbonyl (C=O) groups excluding carboxylic acids is 3. The molecule has 2 aliphatic rings. The van der Waals surface area contributed by atoms with Crippen molar-refractivity contribution in [3.8, 4) is 0 Å². The first kappa shape index (κ1) is 18.2. The van der Waals surface area contributed by atoms with E-state index in [1.54, 1.807) is 11.8 Å². The van der Waals surface area contributed by atoms with Crippen LogP contribution in [0.25, 0.3) is 0 Å². The summed E-state index contributed by atoms with van der Waals surface area (Å²) in [4.78, 5) is 40.5. The van der Waals surface area contributed by atoms with Gasteiger partial charge in [-0.15, -0.1) is 0 Å². The van der Waals surface area contributed by atoms with Gasteiger partial charge in [0, 0.05) is 13.1 Å². The Bertz CT molecular complexity index is 692. The molecule has 2 heterocycles. The van der Waals surface area contributed by atoms with E-state index in [0.717, 1.165) is 12.0 Å². The Hall–Kier alpha value is -2.57. The number of methoxy groups -OCH3 is 1. The molecule has 2 fully saturated rings. The quantitative estimate of drug-likeness (QED) is 0.767. The molecule has 2 aliphatic heterocycles. The summed E-state index contributed by atoms with van der Waals surface area (Å²) in [5, 5.41) is 0. The highest BCUT2D eigenvalue weighted by atomic mass is 16.6. The molecule has 1 spiro atoms. The Kier molecular flexibility index (Phi) is 5.15. The molecule has 7 heteroatoms. The third-order valence-corrected chi connectivity index (χ3v) is 5.35. The molecule has 0 bridgehead atoms. The summed E-state index contributed by atoms with van der Waals surface area (Å²) in [6.45, 7) is 2.73. The smallest absolute Gasteiger partial charge is 0.411 e. The summed E-state index contributed by atoms with van der Waals surface area (Å²) in [6.07, 6.45) is 1.36. The number of benzene rings is 1. The van der Waals surface area contributed by atoms with E-state index in [2.05, 4.69) is 0 Å². The monoisotopic (exact) mass is 360 g/mol. The van der Waals surface area contributed by atoms with Gasteiger partial charge in [-0.3, -0.25) is 9.69 Å². The number of rotatable bonds is 4. The van der Waals surface area contributed by atoms with Gasteiger partial charge in [0.15, 0.2) is 0 Å². The molecule has 7 nitrogen and oxygen atoms in total. The number of nitrogens with zero attached hydrogens (tertiary/aromatic N) is 2. The molecular weight excluding hydrogens is 336 g/mol. The van der Waals surface area contributed by atoms with Gasteiger partial charge in [0.2, 0.25) is 5.91 Å². The predicted molar refractivity (Wildman–Crippen MR) is 93.1 cm³/mol. The van der Waals surface area contributed by atoms with E-state index in [9.17, 15) is 14.4 Å². The van der Waals surface area contributed by atoms with E-state index in [1.807, 2.05) is 30.3 Å². The molecule has 0 aliphatic carbocycles. The molecule has 1 aromatic rings. The zero-order valence-electron chi connectivity index (χ0n) is 15.1. The van der Waals surface area contributed by atoms with Gasteiger partial charge in [0.25, 0.3) is 0 Å². The van der Waals surface area contributed by atoms with E-state index < -0.39 is 23.6 Å². The van der Waals surface area contributed by atoms with Crippen molar-refractivity contribution in [3.63, 3.8) is 0 Å². The molecule has 2 amide bonds. The van der Waals surface area contributed by atoms with Crippen LogP contribution in [0.4, 0.5) is 4.79 Å². The highest BCUT2D eigenvalue weighted by Gasteiger charge is 2.56. The number of amides is 2. The average Bonchev–Trinajstić information content (AvgIpc) is 3.24. The molecule has 0 radical (unpaired) electrons. The van der Waals surface area contributed by atoms with E-state index in [-0.39, 0.29) is 12.5 Å². The standard InChI is InChI=1S/C19H24N2O5/c1-14(16(22)25-2)20-12-10-19(17(20)23)9-6-11-21(19)18(24)26-13-15-7-4-3-5-8-15/h3-5,7-8,14H,6,9-13H2,1-2H3. The molecule has 2 unspecified atom stereocenters. The maximum absolute atomic E-state index is 13.0. The van der Waals surface area contributed by atoms with Gasteiger partial charge < -0.3 is 14.4 Å². The van der Waals surface area contributed by atoms with Gasteiger partial charge in [-0.1, -0.05) is 30.3 Å². The highest BCUT2D eigenvalue weighted by Crippen LogP contribution is 2.40. The first-order valence-corrected chi connectivity index (χ1v) is 8.87. The first-order valence-electron chi connectivity index (χ1n) is 8.87. The van der Waals surface area contributed by atoms with Crippen molar-refractivity contribution < 1.29 is 23.9 Å². The SMILES string of the molecule is COC(=O)C(C)N1CCC2(CCCN2C(=O)OCc2ccccc2)C1=O. The second kappa shape index (κ2) is 7.35. The lowest BCUT2D eigenvalue weighted by molar-refractivity contribution is -0.152. The predicted octanol–water partition coefficient (Wildman–Crippen LogP) is 1.95. The van der Waals surface area contributed by atoms with Crippen molar-refractivity contribution in [3.05, 3.63) is 35.9 Å². The number of esters is 1. The number of hydrogen-bond acceptors (Lipinski definition) is 5. The molecule has 26 heavy (non-hydrogen) atoms. The minimum absolute atomic E-state index is 0.169. The molecular formula is C19H24N2O5. The van der Waals surface area contributed by atoms with Crippen molar-refractivity contribution in [1.82, 2.24) is 9.80 Å². The topological polar surface area (TPSA) is 76.2 Å². The minimum Gasteiger partial charge on any atom is -0.467 e. The third kappa shape index (κ3) is 3.13. The van der Waals surface area contributed by atoms with Crippen LogP contribution in [0.15, 0.2) is 30.3 Å². The number of carbonyl (C=O) groups is 3. The summed E-state index contributed by atoms with van der Waals surface area (Å²) in [6, 6.07) is 8.77. The summed E-state index contributed by atoms with van der Waals surface area (Å²) in [7, 11) is 1.30. The highest BCUT2D eigenvalue weighted by molar-refractivity contribution is 5.95. The Labute approximate surface area is 152 Å². The fourth-order valence-corrected chi connectivity index (χ4v) is 3.87. The fraction of sp³-hybridized carbons (Fsp3) is 0.526. The lowest BCUT2D eigenvalue weighted by atomic mass is 9.94. The van der Waals surface area contributed by atoms with Crippen molar-refractivity contribution in [2.75, 3.05) is 20.2 Å². The van der Waals surface area contributed by atoms with Crippen molar-refractivity contribution in [1.29, 1.82) is 0 Å². The molecule has 3 rings (SSSR count). The zero-order valence-corrected chi connectivity index (χ0v) is 15.1. The average molecular weight is 360 g/mol. The van der Waals surface area contributed by atoms with Gasteiger partial charge >= 0.3 is 12.1 Å². The largest absolute Gasteiger partial charge is 0.467 e. The number of likely N-dealkylation sites (tertiary alicyclic amines) is 2. The van der Waals surface area contributed by atoms with Crippen LogP contribution in [0, 0.1) is 0 Å². The second-order valence-corrected chi connectivity index (χ2v) is 6.77. The van der Waals surface area contributed by atoms with Crippen LogP contribution >= 0.6 is 0 Å². The molecule has 1 aromatic carbocycles. The fourth-order valence-electron chi connectivity index (χ4n) is 3.87. The first-order chi connectivity index (χ1) is 12.5. The molecule has 2 saturated heterocycles. The maximum Gasteiger partial charge on any atom is 0.411 e. The summed E-state index contributed by atoms with van der Waals surface area (Å²) >= 11 is 0.